The summed E-state index contributed by atoms with van der Waals surface area (Å²) in [5, 5.41) is 19.8. The number of rotatable bonds is 5. The lowest BCUT2D eigenvalue weighted by Crippen LogP contribution is -2.49. The van der Waals surface area contributed by atoms with Gasteiger partial charge in [-0.2, -0.15) is 5.10 Å². The van der Waals surface area contributed by atoms with Crippen molar-refractivity contribution in [1.29, 1.82) is 0 Å². The number of aliphatic hydroxyl groups is 1. The lowest BCUT2D eigenvalue weighted by atomic mass is 10.2. The third kappa shape index (κ3) is 4.05. The molecule has 0 aromatic carbocycles. The van der Waals surface area contributed by atoms with Crippen molar-refractivity contribution >= 4 is 44.2 Å². The first kappa shape index (κ1) is 19.4. The first-order valence-electron chi connectivity index (χ1n) is 9.83. The fourth-order valence-corrected chi connectivity index (χ4v) is 4.38. The highest BCUT2D eigenvalue weighted by molar-refractivity contribution is 7.21. The van der Waals surface area contributed by atoms with Gasteiger partial charge in [0.1, 0.15) is 22.8 Å². The van der Waals surface area contributed by atoms with Crippen LogP contribution in [-0.4, -0.2) is 73.8 Å². The number of thiazole rings is 1. The molecule has 0 unspecified atom stereocenters. The molecule has 4 aromatic heterocycles. The molecule has 5 heterocycles. The molecule has 1 aliphatic rings. The van der Waals surface area contributed by atoms with Crippen LogP contribution in [0.5, 0.6) is 0 Å². The second-order valence-electron chi connectivity index (χ2n) is 7.08. The Balaban J connectivity index is 1.30. The highest BCUT2D eigenvalue weighted by atomic mass is 32.1. The lowest BCUT2D eigenvalue weighted by molar-refractivity contribution is -0.134. The Morgan fingerprint density at radius 2 is 2.06 bits per heavy atom. The Morgan fingerprint density at radius 1 is 1.19 bits per heavy atom. The molecule has 1 fully saturated rings. The van der Waals surface area contributed by atoms with Crippen molar-refractivity contribution in [3.8, 4) is 11.3 Å². The summed E-state index contributed by atoms with van der Waals surface area (Å²) < 4.78 is 0. The highest BCUT2D eigenvalue weighted by Crippen LogP contribution is 2.29. The molecular weight excluding hydrogens is 416 g/mol. The number of aliphatic hydroxyl groups excluding tert-OH is 1. The molecule has 0 radical (unpaired) electrons. The first-order chi connectivity index (χ1) is 15.2. The zero-order chi connectivity index (χ0) is 21.2. The fraction of sp³-hybridized carbons (Fsp3) is 0.250. The van der Waals surface area contributed by atoms with Gasteiger partial charge in [-0.3, -0.25) is 9.89 Å². The van der Waals surface area contributed by atoms with Gasteiger partial charge in [0.2, 0.25) is 5.91 Å². The maximum absolute atomic E-state index is 11.7. The average Bonchev–Trinajstić information content (AvgIpc) is 3.48. The van der Waals surface area contributed by atoms with Crippen LogP contribution in [-0.2, 0) is 4.79 Å². The second-order valence-corrected chi connectivity index (χ2v) is 8.05. The largest absolute Gasteiger partial charge is 0.387 e. The number of nitrogens with zero attached hydrogens (tertiary/aromatic N) is 6. The summed E-state index contributed by atoms with van der Waals surface area (Å²) in [6.45, 7) is 2.15. The summed E-state index contributed by atoms with van der Waals surface area (Å²) in [4.78, 5) is 30.1. The van der Waals surface area contributed by atoms with E-state index >= 15 is 0 Å². The van der Waals surface area contributed by atoms with Gasteiger partial charge in [-0.25, -0.2) is 15.0 Å². The number of anilines is 3. The molecule has 10 nitrogen and oxygen atoms in total. The quantitative estimate of drug-likeness (QED) is 0.433. The van der Waals surface area contributed by atoms with E-state index in [1.807, 2.05) is 30.5 Å². The Hall–Kier alpha value is -3.57. The molecule has 31 heavy (non-hydrogen) atoms. The lowest BCUT2D eigenvalue weighted by Gasteiger charge is -2.35. The van der Waals surface area contributed by atoms with Crippen LogP contribution >= 0.6 is 11.3 Å². The van der Waals surface area contributed by atoms with E-state index in [4.69, 9.17) is 5.11 Å². The van der Waals surface area contributed by atoms with Crippen LogP contribution in [0.3, 0.4) is 0 Å². The third-order valence-corrected chi connectivity index (χ3v) is 6.04. The number of amides is 1. The van der Waals surface area contributed by atoms with E-state index in [2.05, 4.69) is 35.4 Å². The minimum absolute atomic E-state index is 0.225. The van der Waals surface area contributed by atoms with E-state index in [0.717, 1.165) is 32.4 Å². The number of H-pyrrole nitrogens is 1. The number of hydrogen-bond acceptors (Lipinski definition) is 9. The van der Waals surface area contributed by atoms with Gasteiger partial charge < -0.3 is 20.2 Å². The number of fused-ring (bicyclic) bond motifs is 1. The van der Waals surface area contributed by atoms with Gasteiger partial charge in [-0.1, -0.05) is 11.3 Å². The number of aromatic amines is 1. The van der Waals surface area contributed by atoms with Crippen molar-refractivity contribution in [2.24, 2.45) is 0 Å². The maximum atomic E-state index is 11.7. The minimum atomic E-state index is -0.441. The first-order valence-corrected chi connectivity index (χ1v) is 10.6. The standard InChI is InChI=1S/C20H20N8O2S/c29-12-18(30)28-7-5-27(6-8-28)14-3-4-21-17(9-14)26-20-25-16-2-1-15(24-19(16)31-20)13-10-22-23-11-13/h1-4,9-11,29H,5-8,12H2,(H,22,23)(H,21,25,26). The number of aromatic nitrogens is 5. The number of hydrogen-bond donors (Lipinski definition) is 3. The zero-order valence-corrected chi connectivity index (χ0v) is 17.3. The molecule has 3 N–H and O–H groups in total. The van der Waals surface area contributed by atoms with Crippen molar-refractivity contribution in [1.82, 2.24) is 30.0 Å². The van der Waals surface area contributed by atoms with Gasteiger partial charge >= 0.3 is 0 Å². The molecule has 4 aromatic rings. The zero-order valence-electron chi connectivity index (χ0n) is 16.5. The van der Waals surface area contributed by atoms with E-state index in [-0.39, 0.29) is 5.91 Å². The van der Waals surface area contributed by atoms with Gasteiger partial charge in [0.05, 0.1) is 11.9 Å². The van der Waals surface area contributed by atoms with Crippen LogP contribution in [0.1, 0.15) is 0 Å². The van der Waals surface area contributed by atoms with E-state index in [0.29, 0.717) is 32.0 Å². The summed E-state index contributed by atoms with van der Waals surface area (Å²) >= 11 is 1.47. The van der Waals surface area contributed by atoms with E-state index in [1.165, 1.54) is 11.3 Å². The number of nitrogens with one attached hydrogen (secondary N) is 2. The van der Waals surface area contributed by atoms with Crippen LogP contribution in [0.25, 0.3) is 21.6 Å². The van der Waals surface area contributed by atoms with Crippen LogP contribution in [0.15, 0.2) is 42.9 Å². The molecule has 0 atom stereocenters. The van der Waals surface area contributed by atoms with Gasteiger partial charge in [0.25, 0.3) is 0 Å². The number of pyridine rings is 2. The maximum Gasteiger partial charge on any atom is 0.248 e. The molecule has 158 valence electrons. The van der Waals surface area contributed by atoms with E-state index in [9.17, 15) is 4.79 Å². The number of piperazine rings is 1. The summed E-state index contributed by atoms with van der Waals surface area (Å²) in [6, 6.07) is 7.80. The molecule has 1 amide bonds. The molecule has 1 saturated heterocycles. The van der Waals surface area contributed by atoms with Crippen molar-refractivity contribution in [3.63, 3.8) is 0 Å². The van der Waals surface area contributed by atoms with Gasteiger partial charge in [-0.15, -0.1) is 0 Å². The molecule has 1 aliphatic heterocycles. The van der Waals surface area contributed by atoms with Crippen molar-refractivity contribution in [2.75, 3.05) is 43.0 Å². The Bertz CT molecular complexity index is 1200. The van der Waals surface area contributed by atoms with Crippen LogP contribution < -0.4 is 10.2 Å². The molecule has 0 spiro atoms. The van der Waals surface area contributed by atoms with Crippen LogP contribution in [0.4, 0.5) is 16.6 Å². The Labute approximate surface area is 181 Å². The van der Waals surface area contributed by atoms with E-state index in [1.54, 1.807) is 17.3 Å². The predicted molar refractivity (Wildman–Crippen MR) is 118 cm³/mol. The summed E-state index contributed by atoms with van der Waals surface area (Å²) in [6.07, 6.45) is 5.30. The van der Waals surface area contributed by atoms with Crippen LogP contribution in [0, 0.1) is 0 Å². The fourth-order valence-electron chi connectivity index (χ4n) is 3.53. The number of carbonyl (C=O) groups excluding carboxylic acids is 1. The van der Waals surface area contributed by atoms with Gasteiger partial charge in [0.15, 0.2) is 5.13 Å². The van der Waals surface area contributed by atoms with Gasteiger partial charge in [0, 0.05) is 55.9 Å². The monoisotopic (exact) mass is 436 g/mol. The average molecular weight is 437 g/mol. The smallest absolute Gasteiger partial charge is 0.248 e. The SMILES string of the molecule is O=C(CO)N1CCN(c2ccnc(Nc3nc4ccc(-c5cn[nH]c5)nc4s3)c2)CC1. The van der Waals surface area contributed by atoms with Gasteiger partial charge in [-0.05, 0) is 18.2 Å². The van der Waals surface area contributed by atoms with Crippen molar-refractivity contribution in [3.05, 3.63) is 42.9 Å². The second kappa shape index (κ2) is 8.28. The van der Waals surface area contributed by atoms with E-state index < -0.39 is 6.61 Å². The normalized spacial score (nSPS) is 14.2. The molecule has 5 rings (SSSR count). The summed E-state index contributed by atoms with van der Waals surface area (Å²) in [5.74, 6) is 0.470. The summed E-state index contributed by atoms with van der Waals surface area (Å²) in [7, 11) is 0. The third-order valence-electron chi connectivity index (χ3n) is 5.16. The highest BCUT2D eigenvalue weighted by Gasteiger charge is 2.21. The van der Waals surface area contributed by atoms with Crippen molar-refractivity contribution in [2.45, 2.75) is 0 Å². The predicted octanol–water partition coefficient (Wildman–Crippen LogP) is 1.86. The molecule has 11 heteroatoms. The summed E-state index contributed by atoms with van der Waals surface area (Å²) in [5.41, 5.74) is 3.62. The molecular formula is C20H20N8O2S. The molecule has 0 saturated carbocycles. The minimum Gasteiger partial charge on any atom is -0.387 e. The number of carbonyl (C=O) groups is 1. The Kier molecular flexibility index (Phi) is 5.18. The molecule has 0 aliphatic carbocycles. The Morgan fingerprint density at radius 3 is 2.84 bits per heavy atom. The van der Waals surface area contributed by atoms with Crippen molar-refractivity contribution < 1.29 is 9.90 Å². The van der Waals surface area contributed by atoms with Crippen LogP contribution in [0.2, 0.25) is 0 Å². The topological polar surface area (TPSA) is 123 Å². The molecule has 0 bridgehead atoms.